The van der Waals surface area contributed by atoms with E-state index in [0.29, 0.717) is 11.5 Å². The fraction of sp³-hybridized carbons (Fsp3) is 0.692. The minimum atomic E-state index is 0.369. The predicted octanol–water partition coefficient (Wildman–Crippen LogP) is 3.14. The summed E-state index contributed by atoms with van der Waals surface area (Å²) in [5, 5.41) is 3.76. The molecule has 2 unspecified atom stereocenters. The van der Waals surface area contributed by atoms with Crippen LogP contribution in [0.25, 0.3) is 0 Å². The van der Waals surface area contributed by atoms with Crippen molar-refractivity contribution in [2.24, 2.45) is 5.41 Å². The minimum Gasteiger partial charge on any atom is -0.384 e. The zero-order valence-electron chi connectivity index (χ0n) is 8.97. The highest BCUT2D eigenvalue weighted by atomic mass is 15.0. The second-order valence-electron chi connectivity index (χ2n) is 5.12. The van der Waals surface area contributed by atoms with Gasteiger partial charge in [0.25, 0.3) is 0 Å². The lowest BCUT2D eigenvalue weighted by Crippen LogP contribution is -2.37. The Bertz CT molecular complexity index is 313. The first-order chi connectivity index (χ1) is 6.81. The molecule has 0 aromatic heterocycles. The zero-order chi connectivity index (χ0) is 9.60. The van der Waals surface area contributed by atoms with Crippen LogP contribution in [0.1, 0.15) is 45.4 Å². The Hall–Kier alpha value is -0.720. The maximum atomic E-state index is 3.76. The van der Waals surface area contributed by atoms with Crippen LogP contribution in [0.2, 0.25) is 0 Å². The highest BCUT2D eigenvalue weighted by Gasteiger charge is 2.43. The van der Waals surface area contributed by atoms with Gasteiger partial charge in [-0.2, -0.15) is 0 Å². The van der Waals surface area contributed by atoms with Crippen molar-refractivity contribution >= 4 is 0 Å². The van der Waals surface area contributed by atoms with Crippen LogP contribution < -0.4 is 5.32 Å². The monoisotopic (exact) mass is 189 g/mol. The van der Waals surface area contributed by atoms with Gasteiger partial charge in [-0.1, -0.05) is 19.1 Å². The highest BCUT2D eigenvalue weighted by molar-refractivity contribution is 5.37. The lowest BCUT2D eigenvalue weighted by atomic mass is 9.71. The van der Waals surface area contributed by atoms with Gasteiger partial charge in [-0.25, -0.2) is 0 Å². The summed E-state index contributed by atoms with van der Waals surface area (Å²) < 4.78 is 0. The molecule has 0 saturated heterocycles. The average molecular weight is 189 g/mol. The fourth-order valence-corrected chi connectivity index (χ4v) is 3.41. The van der Waals surface area contributed by atoms with Crippen LogP contribution in [0, 0.1) is 5.41 Å². The first-order valence-corrected chi connectivity index (χ1v) is 5.97. The molecule has 14 heavy (non-hydrogen) atoms. The molecule has 0 radical (unpaired) electrons. The summed E-state index contributed by atoms with van der Waals surface area (Å²) in [5.41, 5.74) is 3.69. The number of hydrogen-bond acceptors (Lipinski definition) is 1. The van der Waals surface area contributed by atoms with Crippen LogP contribution in [-0.4, -0.2) is 6.04 Å². The molecule has 1 nitrogen and oxygen atoms in total. The van der Waals surface area contributed by atoms with E-state index in [1.807, 2.05) is 0 Å². The zero-order valence-corrected chi connectivity index (χ0v) is 8.97. The quantitative estimate of drug-likeness (QED) is 0.577. The number of rotatable bonds is 0. The summed E-state index contributed by atoms with van der Waals surface area (Å²) in [7, 11) is 0. The highest BCUT2D eigenvalue weighted by Crippen LogP contribution is 2.48. The maximum absolute atomic E-state index is 3.76. The van der Waals surface area contributed by atoms with Crippen molar-refractivity contribution in [1.82, 2.24) is 5.32 Å². The lowest BCUT2D eigenvalue weighted by molar-refractivity contribution is 0.351. The van der Waals surface area contributed by atoms with Crippen molar-refractivity contribution in [3.05, 3.63) is 23.4 Å². The summed E-state index contributed by atoms with van der Waals surface area (Å²) >= 11 is 0. The molecular weight excluding hydrogens is 170 g/mol. The maximum Gasteiger partial charge on any atom is 0.0387 e. The van der Waals surface area contributed by atoms with Gasteiger partial charge < -0.3 is 5.32 Å². The Balaban J connectivity index is 2.02. The van der Waals surface area contributed by atoms with Crippen LogP contribution >= 0.6 is 0 Å². The first-order valence-electron chi connectivity index (χ1n) is 5.97. The molecule has 0 bridgehead atoms. The molecule has 1 N–H and O–H groups in total. The van der Waals surface area contributed by atoms with Crippen LogP contribution in [0.4, 0.5) is 0 Å². The van der Waals surface area contributed by atoms with Gasteiger partial charge in [0, 0.05) is 17.2 Å². The smallest absolute Gasteiger partial charge is 0.0387 e. The predicted molar refractivity (Wildman–Crippen MR) is 58.9 cm³/mol. The van der Waals surface area contributed by atoms with Gasteiger partial charge in [0.05, 0.1) is 0 Å². The normalized spacial score (nSPS) is 40.5. The summed E-state index contributed by atoms with van der Waals surface area (Å²) in [5.74, 6) is 0. The molecule has 0 aromatic rings. The number of nitrogens with one attached hydrogen (secondary N) is 1. The van der Waals surface area contributed by atoms with E-state index >= 15 is 0 Å². The Kier molecular flexibility index (Phi) is 1.77. The molecular formula is C13H19N. The van der Waals surface area contributed by atoms with Crippen molar-refractivity contribution < 1.29 is 0 Å². The van der Waals surface area contributed by atoms with E-state index in [0.717, 1.165) is 0 Å². The van der Waals surface area contributed by atoms with Crippen molar-refractivity contribution in [1.29, 1.82) is 0 Å². The molecule has 1 heterocycles. The second kappa shape index (κ2) is 2.88. The molecule has 0 aromatic carbocycles. The molecule has 3 aliphatic rings. The van der Waals surface area contributed by atoms with E-state index in [9.17, 15) is 0 Å². The summed E-state index contributed by atoms with van der Waals surface area (Å²) in [4.78, 5) is 0. The largest absolute Gasteiger partial charge is 0.384 e. The summed E-state index contributed by atoms with van der Waals surface area (Å²) in [6, 6.07) is 0.704. The van der Waals surface area contributed by atoms with E-state index in [1.54, 1.807) is 11.3 Å². The van der Waals surface area contributed by atoms with Crippen LogP contribution in [0.15, 0.2) is 23.4 Å². The summed E-state index contributed by atoms with van der Waals surface area (Å²) in [6.45, 7) is 2.42. The van der Waals surface area contributed by atoms with Gasteiger partial charge in [0.15, 0.2) is 0 Å². The SMILES string of the molecule is CC12C=CCCC1NC1=C2CCCC1. The molecule has 2 aliphatic carbocycles. The van der Waals surface area contributed by atoms with Gasteiger partial charge in [-0.05, 0) is 44.1 Å². The number of allylic oxidation sites excluding steroid dienone is 2. The number of hydrogen-bond donors (Lipinski definition) is 1. The Labute approximate surface area is 86.3 Å². The second-order valence-corrected chi connectivity index (χ2v) is 5.12. The van der Waals surface area contributed by atoms with Gasteiger partial charge in [0.1, 0.15) is 0 Å². The number of fused-ring (bicyclic) bond motifs is 2. The molecule has 0 fully saturated rings. The third-order valence-electron chi connectivity index (χ3n) is 4.28. The molecule has 2 atom stereocenters. The van der Waals surface area contributed by atoms with Crippen molar-refractivity contribution in [2.45, 2.75) is 51.5 Å². The van der Waals surface area contributed by atoms with E-state index < -0.39 is 0 Å². The summed E-state index contributed by atoms with van der Waals surface area (Å²) in [6.07, 6.45) is 12.8. The molecule has 3 rings (SSSR count). The third kappa shape index (κ3) is 1.01. The Morgan fingerprint density at radius 1 is 1.36 bits per heavy atom. The van der Waals surface area contributed by atoms with Crippen molar-refractivity contribution in [2.75, 3.05) is 0 Å². The van der Waals surface area contributed by atoms with Crippen molar-refractivity contribution in [3.63, 3.8) is 0 Å². The van der Waals surface area contributed by atoms with E-state index in [-0.39, 0.29) is 0 Å². The van der Waals surface area contributed by atoms with E-state index in [1.165, 1.54) is 38.5 Å². The van der Waals surface area contributed by atoms with Crippen molar-refractivity contribution in [3.8, 4) is 0 Å². The standard InChI is InChI=1S/C13H19N/c1-13-9-5-4-8-12(13)14-11-7-3-2-6-10(11)13/h5,9,12,14H,2-4,6-8H2,1H3. The lowest BCUT2D eigenvalue weighted by Gasteiger charge is -2.34. The van der Waals surface area contributed by atoms with Gasteiger partial charge in [-0.3, -0.25) is 0 Å². The van der Waals surface area contributed by atoms with Gasteiger partial charge in [-0.15, -0.1) is 0 Å². The van der Waals surface area contributed by atoms with E-state index in [2.05, 4.69) is 24.4 Å². The van der Waals surface area contributed by atoms with Gasteiger partial charge in [0.2, 0.25) is 0 Å². The van der Waals surface area contributed by atoms with Gasteiger partial charge >= 0.3 is 0 Å². The molecule has 1 aliphatic heterocycles. The molecule has 0 amide bonds. The first kappa shape index (κ1) is 8.58. The molecule has 0 spiro atoms. The van der Waals surface area contributed by atoms with Crippen LogP contribution in [0.3, 0.4) is 0 Å². The molecule has 76 valence electrons. The molecule has 1 heteroatoms. The molecule has 0 saturated carbocycles. The Morgan fingerprint density at radius 3 is 3.14 bits per heavy atom. The third-order valence-corrected chi connectivity index (χ3v) is 4.28. The minimum absolute atomic E-state index is 0.369. The van der Waals surface area contributed by atoms with Crippen LogP contribution in [-0.2, 0) is 0 Å². The Morgan fingerprint density at radius 2 is 2.21 bits per heavy atom. The topological polar surface area (TPSA) is 12.0 Å². The fourth-order valence-electron chi connectivity index (χ4n) is 3.41. The average Bonchev–Trinajstić information content (AvgIpc) is 2.51. The van der Waals surface area contributed by atoms with E-state index in [4.69, 9.17) is 0 Å². The van der Waals surface area contributed by atoms with Crippen LogP contribution in [0.5, 0.6) is 0 Å².